The van der Waals surface area contributed by atoms with Crippen molar-refractivity contribution in [1.82, 2.24) is 30.6 Å². The fourth-order valence-electron chi connectivity index (χ4n) is 8.42. The van der Waals surface area contributed by atoms with E-state index < -0.39 is 36.3 Å². The number of nitrogens with one attached hydrogen (secondary N) is 1. The van der Waals surface area contributed by atoms with E-state index in [0.29, 0.717) is 34.3 Å². The van der Waals surface area contributed by atoms with Crippen molar-refractivity contribution >= 4 is 41.4 Å². The minimum atomic E-state index is -2.90. The molecule has 14 nitrogen and oxygen atoms in total. The minimum Gasteiger partial charge on any atom is -0.415 e. The molecule has 4 fully saturated rings. The summed E-state index contributed by atoms with van der Waals surface area (Å²) in [4.78, 5) is 42.3. The van der Waals surface area contributed by atoms with Crippen LogP contribution < -0.4 is 15.1 Å². The maximum Gasteiger partial charge on any atom is 0.314 e. The van der Waals surface area contributed by atoms with Gasteiger partial charge in [0.2, 0.25) is 23.6 Å². The number of amides is 2. The molecule has 2 aromatic heterocycles. The first kappa shape index (κ1) is 53.3. The summed E-state index contributed by atoms with van der Waals surface area (Å²) < 4.78 is 95.9. The molecule has 1 aliphatic carbocycles. The van der Waals surface area contributed by atoms with Crippen molar-refractivity contribution in [2.45, 2.75) is 76.9 Å². The second kappa shape index (κ2) is 25.3. The fraction of sp³-hybridized carbons (Fsp3) is 0.392. The highest BCUT2D eigenvalue weighted by atomic mass is 35.5. The molecule has 0 bridgehead atoms. The van der Waals surface area contributed by atoms with Crippen LogP contribution in [0.25, 0.3) is 22.9 Å². The highest BCUT2D eigenvalue weighted by molar-refractivity contribution is 5.96. The largest absolute Gasteiger partial charge is 0.415 e. The van der Waals surface area contributed by atoms with Crippen molar-refractivity contribution in [3.8, 4) is 22.9 Å². The Bertz CT molecular complexity index is 2710. The molecule has 0 radical (unpaired) electrons. The Balaban J connectivity index is 0.000000191. The molecule has 10 rings (SSSR count). The van der Waals surface area contributed by atoms with Crippen molar-refractivity contribution in [2.24, 2.45) is 11.8 Å². The number of halogens is 7. The number of ketones is 1. The van der Waals surface area contributed by atoms with Gasteiger partial charge in [0.25, 0.3) is 11.8 Å². The van der Waals surface area contributed by atoms with Gasteiger partial charge in [-0.1, -0.05) is 48.5 Å². The number of para-hydroxylation sites is 2. The van der Waals surface area contributed by atoms with Gasteiger partial charge in [-0.05, 0) is 107 Å². The van der Waals surface area contributed by atoms with Gasteiger partial charge in [-0.15, -0.1) is 32.8 Å². The molecule has 3 aliphatic heterocycles. The number of anilines is 2. The van der Waals surface area contributed by atoms with E-state index in [1.807, 2.05) is 60.7 Å². The lowest BCUT2D eigenvalue weighted by atomic mass is 9.93. The lowest BCUT2D eigenvalue weighted by molar-refractivity contribution is -0.126. The Labute approximate surface area is 417 Å². The van der Waals surface area contributed by atoms with E-state index in [-0.39, 0.29) is 72.1 Å². The third-order valence-electron chi connectivity index (χ3n) is 12.8. The topological polar surface area (TPSA) is 160 Å². The monoisotopic (exact) mass is 1020 g/mol. The van der Waals surface area contributed by atoms with Crippen LogP contribution in [0.15, 0.2) is 106 Å². The average molecular weight is 1020 g/mol. The maximum atomic E-state index is 15.1. The predicted molar refractivity (Wildman–Crippen MR) is 255 cm³/mol. The third kappa shape index (κ3) is 13.5. The molecule has 0 atom stereocenters. The Morgan fingerprint density at radius 3 is 1.42 bits per heavy atom. The molecule has 382 valence electrons. The molecule has 3 saturated heterocycles. The average Bonchev–Trinajstić information content (AvgIpc) is 4.08. The summed E-state index contributed by atoms with van der Waals surface area (Å²) in [6.07, 6.45) is -0.0299. The summed E-state index contributed by atoms with van der Waals surface area (Å²) in [5.41, 5.74) is 2.35. The van der Waals surface area contributed by atoms with Crippen molar-refractivity contribution in [3.63, 3.8) is 0 Å². The quantitative estimate of drug-likeness (QED) is 0.109. The van der Waals surface area contributed by atoms with E-state index in [9.17, 15) is 36.3 Å². The number of Topliss-reactive ketones (excluding diaryl/α,β-unsaturated/α-hetero) is 1. The van der Waals surface area contributed by atoms with Gasteiger partial charge < -0.3 is 28.7 Å². The summed E-state index contributed by atoms with van der Waals surface area (Å²) in [5, 5.41) is 16.9. The molecule has 4 aliphatic rings. The smallest absolute Gasteiger partial charge is 0.314 e. The third-order valence-corrected chi connectivity index (χ3v) is 12.8. The molecule has 0 unspecified atom stereocenters. The molecule has 21 heteroatoms. The Morgan fingerprint density at radius 1 is 0.639 bits per heavy atom. The summed E-state index contributed by atoms with van der Waals surface area (Å²) in [7, 11) is 0. The number of hydrogen-bond acceptors (Lipinski definition) is 12. The number of ether oxygens (including phenoxy) is 1. The van der Waals surface area contributed by atoms with Gasteiger partial charge in [0.05, 0.1) is 32.3 Å². The van der Waals surface area contributed by atoms with E-state index in [1.165, 1.54) is 24.3 Å². The van der Waals surface area contributed by atoms with E-state index >= 15 is 4.39 Å². The first-order valence-corrected chi connectivity index (χ1v) is 23.5. The lowest BCUT2D eigenvalue weighted by Crippen LogP contribution is -2.53. The molecule has 1 N–H and O–H groups in total. The molecular weight excluding hydrogens is 970 g/mol. The number of nitrogens with zero attached hydrogens (tertiary/aromatic N) is 7. The molecule has 2 amide bonds. The van der Waals surface area contributed by atoms with E-state index in [4.69, 9.17) is 13.6 Å². The number of likely N-dealkylation sites (tertiary alicyclic amines) is 1. The summed E-state index contributed by atoms with van der Waals surface area (Å²) in [5.74, 6) is -3.13. The number of benzene rings is 4. The first-order valence-electron chi connectivity index (χ1n) is 23.5. The Kier molecular flexibility index (Phi) is 18.7. The van der Waals surface area contributed by atoms with Crippen LogP contribution in [0.1, 0.15) is 80.7 Å². The van der Waals surface area contributed by atoms with E-state index in [2.05, 4.69) is 30.6 Å². The number of aromatic nitrogens is 4. The Morgan fingerprint density at radius 2 is 1.07 bits per heavy atom. The highest BCUT2D eigenvalue weighted by Gasteiger charge is 2.35. The van der Waals surface area contributed by atoms with Crippen LogP contribution in [0.2, 0.25) is 0 Å². The summed E-state index contributed by atoms with van der Waals surface area (Å²) in [6.45, 7) is 4.79. The number of alkyl halides is 4. The van der Waals surface area contributed by atoms with Crippen LogP contribution in [-0.2, 0) is 32.2 Å². The van der Waals surface area contributed by atoms with Crippen LogP contribution in [0.4, 0.5) is 37.7 Å². The predicted octanol–water partition coefficient (Wildman–Crippen LogP) is 9.96. The van der Waals surface area contributed by atoms with Crippen LogP contribution in [0, 0.1) is 23.5 Å². The normalized spacial score (nSPS) is 16.4. The number of rotatable bonds is 13. The number of carbonyl (C=O) groups is 3. The SMILES string of the molecule is Cl.O=C(C1CCN(C2COC2)CC1)N(Cc1ccc(-c2nnc(C(F)F)o2)cc1F)c1ccccc1.O=C(C1CCNCC1)N(Cc1ccc(-c2nnc(C(F)F)o2)cc1F)c1ccccc1.O=C1CCC1. The van der Waals surface area contributed by atoms with Crippen molar-refractivity contribution in [1.29, 1.82) is 0 Å². The molecule has 1 saturated carbocycles. The van der Waals surface area contributed by atoms with Crippen LogP contribution in [-0.4, -0.2) is 88.3 Å². The van der Waals surface area contributed by atoms with Gasteiger partial charge >= 0.3 is 12.9 Å². The molecule has 0 spiro atoms. The second-order valence-electron chi connectivity index (χ2n) is 17.5. The van der Waals surface area contributed by atoms with Gasteiger partial charge in [0.1, 0.15) is 17.4 Å². The minimum absolute atomic E-state index is 0. The van der Waals surface area contributed by atoms with Gasteiger partial charge in [0, 0.05) is 58.3 Å². The fourth-order valence-corrected chi connectivity index (χ4v) is 8.42. The molecule has 4 aromatic carbocycles. The van der Waals surface area contributed by atoms with Crippen molar-refractivity contribution in [3.05, 3.63) is 132 Å². The van der Waals surface area contributed by atoms with Crippen molar-refractivity contribution < 1.29 is 54.3 Å². The lowest BCUT2D eigenvalue weighted by Gasteiger charge is -2.41. The maximum absolute atomic E-state index is 15.1. The first-order chi connectivity index (χ1) is 34.4. The highest BCUT2D eigenvalue weighted by Crippen LogP contribution is 2.31. The van der Waals surface area contributed by atoms with Crippen LogP contribution in [0.3, 0.4) is 0 Å². The number of hydrogen-bond donors (Lipinski definition) is 1. The van der Waals surface area contributed by atoms with Gasteiger partial charge in [-0.2, -0.15) is 17.6 Å². The number of carbonyl (C=O) groups excluding carboxylic acids is 3. The summed E-state index contributed by atoms with van der Waals surface area (Å²) >= 11 is 0. The standard InChI is InChI=1S/C25H25F3N4O3.C22H21F3N4O2.C4H6O.ClH/c26-21-12-17(23-29-30-24(35-23)22(27)28)6-7-18(21)13-32(19-4-2-1-3-5-19)25(33)16-8-10-31(11-9-16)20-14-34-15-20;23-18-12-15(20-27-28-21(31-20)19(24)25)6-7-16(18)13-29(17-4-2-1-3-5-17)22(30)14-8-10-26-11-9-14;5-4-2-1-3-4;/h1-7,12,16,20,22H,8-11,13-15H2;1-7,12,14,19,26H,8-11,13H2;1-3H2;1H. The molecule has 5 heterocycles. The van der Waals surface area contributed by atoms with E-state index in [1.54, 1.807) is 9.80 Å². The van der Waals surface area contributed by atoms with Gasteiger partial charge in [-0.3, -0.25) is 19.3 Å². The summed E-state index contributed by atoms with van der Waals surface area (Å²) in [6, 6.07) is 27.1. The molecule has 6 aromatic rings. The van der Waals surface area contributed by atoms with Gasteiger partial charge in [0.15, 0.2) is 0 Å². The van der Waals surface area contributed by atoms with Crippen molar-refractivity contribution in [2.75, 3.05) is 49.2 Å². The zero-order chi connectivity index (χ0) is 49.9. The molecule has 72 heavy (non-hydrogen) atoms. The van der Waals surface area contributed by atoms with Gasteiger partial charge in [-0.25, -0.2) is 8.78 Å². The zero-order valence-corrected chi connectivity index (χ0v) is 39.8. The number of piperidine rings is 2. The zero-order valence-electron chi connectivity index (χ0n) is 39.0. The van der Waals surface area contributed by atoms with E-state index in [0.717, 1.165) is 96.5 Å². The second-order valence-corrected chi connectivity index (χ2v) is 17.5. The van der Waals surface area contributed by atoms with Crippen LogP contribution in [0.5, 0.6) is 0 Å². The Hall–Kier alpha value is -6.48. The van der Waals surface area contributed by atoms with Crippen LogP contribution >= 0.6 is 12.4 Å². The molecular formula is C51H53ClF6N8O6.